The number of carbonyl (C=O) groups excluding carboxylic acids is 1. The molecule has 0 atom stereocenters. The number of nitrogens with two attached hydrogens (primary N) is 1. The average Bonchev–Trinajstić information content (AvgIpc) is 2.48. The molecule has 0 bridgehead atoms. The van der Waals surface area contributed by atoms with Gasteiger partial charge in [0.25, 0.3) is 5.91 Å². The summed E-state index contributed by atoms with van der Waals surface area (Å²) in [7, 11) is 0. The van der Waals surface area contributed by atoms with Crippen LogP contribution in [0, 0.1) is 0 Å². The van der Waals surface area contributed by atoms with E-state index in [1.807, 2.05) is 18.7 Å². The van der Waals surface area contributed by atoms with Gasteiger partial charge in [-0.2, -0.15) is 0 Å². The smallest absolute Gasteiger partial charge is 0.259 e. The Morgan fingerprint density at radius 2 is 2.29 bits per heavy atom. The highest BCUT2D eigenvalue weighted by atomic mass is 35.5. The van der Waals surface area contributed by atoms with Crippen molar-refractivity contribution in [1.82, 2.24) is 4.57 Å². The van der Waals surface area contributed by atoms with Crippen molar-refractivity contribution in [1.29, 1.82) is 0 Å². The molecule has 14 heavy (non-hydrogen) atoms. The minimum absolute atomic E-state index is 0. The molecular weight excluding hydrogens is 202 g/mol. The summed E-state index contributed by atoms with van der Waals surface area (Å²) in [5, 5.41) is 0. The summed E-state index contributed by atoms with van der Waals surface area (Å²) in [6.45, 7) is 3.42. The van der Waals surface area contributed by atoms with E-state index in [1.54, 1.807) is 4.57 Å². The Kier molecular flexibility index (Phi) is 5.95. The summed E-state index contributed by atoms with van der Waals surface area (Å²) in [5.41, 5.74) is 5.06. The van der Waals surface area contributed by atoms with E-state index in [0.717, 1.165) is 13.0 Å². The highest BCUT2D eigenvalue weighted by molar-refractivity contribution is 5.72. The van der Waals surface area contributed by atoms with Crippen molar-refractivity contribution in [2.45, 2.75) is 32.9 Å². The lowest BCUT2D eigenvalue weighted by Gasteiger charge is -1.92. The van der Waals surface area contributed by atoms with Gasteiger partial charge in [-0.05, 0) is 6.42 Å². The molecule has 0 aromatic carbocycles. The Morgan fingerprint density at radius 3 is 2.86 bits per heavy atom. The Hall–Kier alpha value is -1.03. The molecule has 4 nitrogen and oxygen atoms in total. The molecule has 5 heteroatoms. The molecule has 1 aromatic heterocycles. The fraction of sp³-hybridized carbons (Fsp3) is 0.556. The van der Waals surface area contributed by atoms with E-state index >= 15 is 0 Å². The lowest BCUT2D eigenvalue weighted by molar-refractivity contribution is -0.683. The van der Waals surface area contributed by atoms with Gasteiger partial charge in [-0.25, -0.2) is 9.13 Å². The summed E-state index contributed by atoms with van der Waals surface area (Å²) in [6.07, 6.45) is 8.05. The standard InChI is InChI=1S/C9H15N3O.ClH/c1-2-3-4-11-5-6-12(8-11)7-9(10)13;/h5-6,8H,2-4,7H2,1H3,(H-,10,13);1H. The summed E-state index contributed by atoms with van der Waals surface area (Å²) in [4.78, 5) is 10.6. The average molecular weight is 218 g/mol. The van der Waals surface area contributed by atoms with Gasteiger partial charge in [0, 0.05) is 0 Å². The van der Waals surface area contributed by atoms with Crippen molar-refractivity contribution >= 4 is 5.91 Å². The van der Waals surface area contributed by atoms with E-state index in [0.29, 0.717) is 0 Å². The fourth-order valence-electron chi connectivity index (χ4n) is 1.19. The van der Waals surface area contributed by atoms with Gasteiger partial charge in [0.2, 0.25) is 6.33 Å². The molecule has 0 unspecified atom stereocenters. The number of amides is 1. The maximum absolute atomic E-state index is 10.6. The Labute approximate surface area is 90.1 Å². The zero-order chi connectivity index (χ0) is 9.68. The Morgan fingerprint density at radius 1 is 1.57 bits per heavy atom. The molecule has 0 saturated carbocycles. The topological polar surface area (TPSA) is 51.9 Å². The van der Waals surface area contributed by atoms with E-state index in [2.05, 4.69) is 11.5 Å². The second-order valence-electron chi connectivity index (χ2n) is 3.14. The lowest BCUT2D eigenvalue weighted by atomic mass is 10.3. The van der Waals surface area contributed by atoms with Gasteiger partial charge in [0.15, 0.2) is 6.54 Å². The predicted octanol–water partition coefficient (Wildman–Crippen LogP) is -2.93. The zero-order valence-corrected chi connectivity index (χ0v) is 9.07. The minimum atomic E-state index is -0.307. The maximum Gasteiger partial charge on any atom is 0.259 e. The fourth-order valence-corrected chi connectivity index (χ4v) is 1.19. The highest BCUT2D eigenvalue weighted by Gasteiger charge is 2.04. The SMILES string of the molecule is CCCCn1cc[n+](CC(N)=O)c1.[Cl-]. The predicted molar refractivity (Wildman–Crippen MR) is 48.7 cm³/mol. The highest BCUT2D eigenvalue weighted by Crippen LogP contribution is 1.92. The molecule has 1 aromatic rings. The van der Waals surface area contributed by atoms with Crippen molar-refractivity contribution in [3.8, 4) is 0 Å². The van der Waals surface area contributed by atoms with E-state index in [-0.39, 0.29) is 24.9 Å². The molecule has 0 radical (unpaired) electrons. The Balaban J connectivity index is 0.00000169. The number of hydrogen-bond donors (Lipinski definition) is 1. The molecule has 80 valence electrons. The van der Waals surface area contributed by atoms with Crippen molar-refractivity contribution in [2.24, 2.45) is 5.73 Å². The monoisotopic (exact) mass is 217 g/mol. The first kappa shape index (κ1) is 13.0. The van der Waals surface area contributed by atoms with Gasteiger partial charge in [-0.3, -0.25) is 4.79 Å². The van der Waals surface area contributed by atoms with Crippen LogP contribution in [0.5, 0.6) is 0 Å². The number of primary amides is 1. The third-order valence-electron chi connectivity index (χ3n) is 1.85. The first-order valence-corrected chi connectivity index (χ1v) is 4.55. The van der Waals surface area contributed by atoms with E-state index < -0.39 is 0 Å². The van der Waals surface area contributed by atoms with Crippen LogP contribution in [0.2, 0.25) is 0 Å². The molecule has 0 spiro atoms. The number of nitrogens with zero attached hydrogens (tertiary/aromatic N) is 2. The van der Waals surface area contributed by atoms with Gasteiger partial charge in [0.1, 0.15) is 12.4 Å². The number of hydrogen-bond acceptors (Lipinski definition) is 1. The quantitative estimate of drug-likeness (QED) is 0.528. The van der Waals surface area contributed by atoms with Crippen molar-refractivity contribution in [2.75, 3.05) is 0 Å². The first-order valence-electron chi connectivity index (χ1n) is 4.55. The van der Waals surface area contributed by atoms with Gasteiger partial charge < -0.3 is 18.1 Å². The van der Waals surface area contributed by atoms with Crippen LogP contribution in [-0.2, 0) is 17.9 Å². The third-order valence-corrected chi connectivity index (χ3v) is 1.85. The van der Waals surface area contributed by atoms with Crippen LogP contribution in [-0.4, -0.2) is 10.5 Å². The van der Waals surface area contributed by atoms with E-state index in [9.17, 15) is 4.79 Å². The molecule has 0 saturated heterocycles. The van der Waals surface area contributed by atoms with Crippen LogP contribution in [0.3, 0.4) is 0 Å². The molecule has 0 aliphatic heterocycles. The molecule has 0 aliphatic rings. The number of imidazole rings is 1. The van der Waals surface area contributed by atoms with Crippen LogP contribution < -0.4 is 22.7 Å². The third kappa shape index (κ3) is 4.28. The minimum Gasteiger partial charge on any atom is -1.00 e. The van der Waals surface area contributed by atoms with Gasteiger partial charge in [-0.1, -0.05) is 13.3 Å². The maximum atomic E-state index is 10.6. The van der Waals surface area contributed by atoms with Gasteiger partial charge in [0.05, 0.1) is 6.54 Å². The number of unbranched alkanes of at least 4 members (excludes halogenated alkanes) is 1. The molecule has 0 fully saturated rings. The van der Waals surface area contributed by atoms with Crippen molar-refractivity contribution < 1.29 is 21.8 Å². The van der Waals surface area contributed by atoms with Crippen molar-refractivity contribution in [3.05, 3.63) is 18.7 Å². The summed E-state index contributed by atoms with van der Waals surface area (Å²) in [6, 6.07) is 0. The van der Waals surface area contributed by atoms with Crippen molar-refractivity contribution in [3.63, 3.8) is 0 Å². The molecule has 0 aliphatic carbocycles. The lowest BCUT2D eigenvalue weighted by Crippen LogP contribution is -3.00. The van der Waals surface area contributed by atoms with Gasteiger partial charge >= 0.3 is 0 Å². The molecule has 2 N–H and O–H groups in total. The molecule has 1 amide bonds. The Bertz CT molecular complexity index is 285. The van der Waals surface area contributed by atoms with Crippen LogP contribution in [0.1, 0.15) is 19.8 Å². The molecule has 1 heterocycles. The number of rotatable bonds is 5. The second kappa shape index (κ2) is 6.43. The van der Waals surface area contributed by atoms with Crippen LogP contribution >= 0.6 is 0 Å². The molecular formula is C9H16ClN3O. The summed E-state index contributed by atoms with van der Waals surface area (Å²) < 4.78 is 3.85. The van der Waals surface area contributed by atoms with Gasteiger partial charge in [-0.15, -0.1) is 0 Å². The summed E-state index contributed by atoms with van der Waals surface area (Å²) >= 11 is 0. The summed E-state index contributed by atoms with van der Waals surface area (Å²) in [5.74, 6) is -0.307. The second-order valence-corrected chi connectivity index (χ2v) is 3.14. The van der Waals surface area contributed by atoms with Crippen LogP contribution in [0.15, 0.2) is 18.7 Å². The van der Waals surface area contributed by atoms with Crippen LogP contribution in [0.4, 0.5) is 0 Å². The van der Waals surface area contributed by atoms with Crippen LogP contribution in [0.25, 0.3) is 0 Å². The van der Waals surface area contributed by atoms with E-state index in [1.165, 1.54) is 6.42 Å². The number of aryl methyl sites for hydroxylation is 1. The van der Waals surface area contributed by atoms with E-state index in [4.69, 9.17) is 5.73 Å². The molecule has 1 rings (SSSR count). The normalized spacial score (nSPS) is 9.50. The first-order chi connectivity index (χ1) is 6.22. The number of carbonyl (C=O) groups is 1. The number of halogens is 1. The number of aromatic nitrogens is 2. The zero-order valence-electron chi connectivity index (χ0n) is 8.32. The largest absolute Gasteiger partial charge is 1.00 e.